The number of benzene rings is 2. The van der Waals surface area contributed by atoms with E-state index in [1.54, 1.807) is 55.5 Å². The van der Waals surface area contributed by atoms with Gasteiger partial charge in [0.15, 0.2) is 0 Å². The number of amides is 2. The van der Waals surface area contributed by atoms with Gasteiger partial charge in [-0.3, -0.25) is 4.31 Å². The molecule has 0 spiro atoms. The molecule has 2 aromatic carbocycles. The molecule has 0 fully saturated rings. The number of hydrogen-bond acceptors (Lipinski definition) is 5. The highest BCUT2D eigenvalue weighted by molar-refractivity contribution is 7.92. The molecule has 1 aliphatic heterocycles. The van der Waals surface area contributed by atoms with Crippen LogP contribution < -0.4 is 14.9 Å². The van der Waals surface area contributed by atoms with E-state index in [0.717, 1.165) is 5.56 Å². The van der Waals surface area contributed by atoms with E-state index in [1.807, 2.05) is 0 Å². The van der Waals surface area contributed by atoms with Crippen molar-refractivity contribution in [2.45, 2.75) is 31.2 Å². The minimum atomic E-state index is -3.69. The molecule has 1 heterocycles. The second-order valence-corrected chi connectivity index (χ2v) is 8.42. The number of hydrogen-bond donors (Lipinski definition) is 2. The average Bonchev–Trinajstić information content (AvgIpc) is 3.12. The van der Waals surface area contributed by atoms with Crippen molar-refractivity contribution in [2.75, 3.05) is 22.8 Å². The second kappa shape index (κ2) is 8.52. The monoisotopic (exact) mass is 417 g/mol. The van der Waals surface area contributed by atoms with Crippen LogP contribution in [0.2, 0.25) is 0 Å². The van der Waals surface area contributed by atoms with Crippen molar-refractivity contribution in [1.82, 2.24) is 5.32 Å². The van der Waals surface area contributed by atoms with Gasteiger partial charge in [0.25, 0.3) is 10.0 Å². The molecule has 9 heteroatoms. The van der Waals surface area contributed by atoms with Crippen LogP contribution in [-0.2, 0) is 26.0 Å². The molecular formula is C20H23N3O5S. The van der Waals surface area contributed by atoms with Gasteiger partial charge in [-0.1, -0.05) is 24.3 Å². The minimum Gasteiger partial charge on any atom is -0.464 e. The molecule has 0 aromatic heterocycles. The number of anilines is 2. The summed E-state index contributed by atoms with van der Waals surface area (Å²) in [4.78, 5) is 24.0. The van der Waals surface area contributed by atoms with Crippen LogP contribution in [0.25, 0.3) is 0 Å². The van der Waals surface area contributed by atoms with Gasteiger partial charge in [-0.15, -0.1) is 0 Å². The normalized spacial score (nSPS) is 14.1. The summed E-state index contributed by atoms with van der Waals surface area (Å²) < 4.78 is 32.2. The van der Waals surface area contributed by atoms with E-state index in [0.29, 0.717) is 24.3 Å². The molecule has 1 aliphatic rings. The van der Waals surface area contributed by atoms with Crippen molar-refractivity contribution in [3.63, 3.8) is 0 Å². The molecule has 8 nitrogen and oxygen atoms in total. The van der Waals surface area contributed by atoms with Crippen molar-refractivity contribution in [1.29, 1.82) is 0 Å². The third-order valence-electron chi connectivity index (χ3n) is 4.52. The van der Waals surface area contributed by atoms with Crippen molar-refractivity contribution < 1.29 is 22.7 Å². The van der Waals surface area contributed by atoms with Crippen LogP contribution in [0.5, 0.6) is 0 Å². The lowest BCUT2D eigenvalue weighted by Gasteiger charge is -2.20. The van der Waals surface area contributed by atoms with E-state index >= 15 is 0 Å². The molecular weight excluding hydrogens is 394 g/mol. The Labute approximate surface area is 169 Å². The molecule has 0 bridgehead atoms. The molecule has 0 radical (unpaired) electrons. The summed E-state index contributed by atoms with van der Waals surface area (Å²) in [5.41, 5.74) is 1.84. The maximum atomic E-state index is 13.0. The number of rotatable bonds is 6. The largest absolute Gasteiger partial charge is 0.464 e. The van der Waals surface area contributed by atoms with E-state index in [4.69, 9.17) is 4.74 Å². The van der Waals surface area contributed by atoms with Crippen LogP contribution in [0.15, 0.2) is 53.4 Å². The first-order chi connectivity index (χ1) is 13.8. The van der Waals surface area contributed by atoms with E-state index in [9.17, 15) is 18.0 Å². The van der Waals surface area contributed by atoms with Gasteiger partial charge in [-0.25, -0.2) is 18.0 Å². The lowest BCUT2D eigenvalue weighted by molar-refractivity contribution is -0.144. The molecule has 0 aliphatic carbocycles. The van der Waals surface area contributed by atoms with E-state index in [1.165, 1.54) is 11.2 Å². The van der Waals surface area contributed by atoms with E-state index < -0.39 is 28.1 Å². The van der Waals surface area contributed by atoms with Crippen molar-refractivity contribution in [3.05, 3.63) is 54.1 Å². The zero-order valence-electron chi connectivity index (χ0n) is 16.2. The molecule has 0 saturated carbocycles. The number of carbonyl (C=O) groups is 2. The fourth-order valence-electron chi connectivity index (χ4n) is 3.09. The SMILES string of the molecule is CCOC(=O)[C@@H](C)NC(=O)Nc1ccc2c(c1)N(S(=O)(=O)c1ccccc1)CC2. The first kappa shape index (κ1) is 20.7. The number of urea groups is 1. The molecule has 1 atom stereocenters. The maximum Gasteiger partial charge on any atom is 0.328 e. The zero-order valence-corrected chi connectivity index (χ0v) is 17.0. The van der Waals surface area contributed by atoms with Gasteiger partial charge in [0, 0.05) is 12.2 Å². The standard InChI is InChI=1S/C20H23N3O5S/c1-3-28-19(24)14(2)21-20(25)22-16-10-9-15-11-12-23(18(15)13-16)29(26,27)17-7-5-4-6-8-17/h4-10,13-14H,3,11-12H2,1-2H3,(H2,21,22,25)/t14-/m1/s1. The van der Waals surface area contributed by atoms with E-state index in [2.05, 4.69) is 10.6 Å². The molecule has 29 heavy (non-hydrogen) atoms. The molecule has 3 rings (SSSR count). The Kier molecular flexibility index (Phi) is 6.07. The Morgan fingerprint density at radius 1 is 1.17 bits per heavy atom. The summed E-state index contributed by atoms with van der Waals surface area (Å²) in [7, 11) is -3.69. The molecule has 154 valence electrons. The van der Waals surface area contributed by atoms with Gasteiger partial charge in [0.1, 0.15) is 6.04 Å². The second-order valence-electron chi connectivity index (χ2n) is 6.56. The predicted molar refractivity (Wildman–Crippen MR) is 109 cm³/mol. The molecule has 0 unspecified atom stereocenters. The number of nitrogens with zero attached hydrogens (tertiary/aromatic N) is 1. The molecule has 2 amide bonds. The summed E-state index contributed by atoms with van der Waals surface area (Å²) in [5.74, 6) is -0.531. The summed E-state index contributed by atoms with van der Waals surface area (Å²) in [6, 6.07) is 12.0. The Hall–Kier alpha value is -3.07. The highest BCUT2D eigenvalue weighted by atomic mass is 32.2. The minimum absolute atomic E-state index is 0.215. The third-order valence-corrected chi connectivity index (χ3v) is 6.34. The zero-order chi connectivity index (χ0) is 21.0. The van der Waals surface area contributed by atoms with E-state index in [-0.39, 0.29) is 11.5 Å². The quantitative estimate of drug-likeness (QED) is 0.703. The highest BCUT2D eigenvalue weighted by Crippen LogP contribution is 2.35. The Balaban J connectivity index is 1.76. The number of ether oxygens (including phenoxy) is 1. The van der Waals surface area contributed by atoms with Crippen LogP contribution in [0.1, 0.15) is 19.4 Å². The van der Waals surface area contributed by atoms with Gasteiger partial charge in [0.2, 0.25) is 0 Å². The van der Waals surface area contributed by atoms with Crippen LogP contribution in [-0.4, -0.2) is 39.6 Å². The number of esters is 1. The van der Waals surface area contributed by atoms with Crippen molar-refractivity contribution in [2.24, 2.45) is 0 Å². The lowest BCUT2D eigenvalue weighted by atomic mass is 10.1. The van der Waals surface area contributed by atoms with Crippen LogP contribution >= 0.6 is 0 Å². The van der Waals surface area contributed by atoms with Gasteiger partial charge in [-0.2, -0.15) is 0 Å². The number of fused-ring (bicyclic) bond motifs is 1. The smallest absolute Gasteiger partial charge is 0.328 e. The predicted octanol–water partition coefficient (Wildman–Crippen LogP) is 2.51. The van der Waals surface area contributed by atoms with Gasteiger partial charge in [-0.05, 0) is 50.1 Å². The fraction of sp³-hybridized carbons (Fsp3) is 0.300. The Morgan fingerprint density at radius 2 is 1.90 bits per heavy atom. The van der Waals surface area contributed by atoms with Gasteiger partial charge in [0.05, 0.1) is 17.2 Å². The topological polar surface area (TPSA) is 105 Å². The number of sulfonamides is 1. The summed E-state index contributed by atoms with van der Waals surface area (Å²) in [6.07, 6.45) is 0.591. The highest BCUT2D eigenvalue weighted by Gasteiger charge is 2.31. The Bertz CT molecular complexity index is 1010. The van der Waals surface area contributed by atoms with Crippen molar-refractivity contribution >= 4 is 33.4 Å². The summed E-state index contributed by atoms with van der Waals surface area (Å²) >= 11 is 0. The summed E-state index contributed by atoms with van der Waals surface area (Å²) in [5, 5.41) is 5.12. The fourth-order valence-corrected chi connectivity index (χ4v) is 4.60. The van der Waals surface area contributed by atoms with Crippen LogP contribution in [0.3, 0.4) is 0 Å². The molecule has 2 aromatic rings. The first-order valence-electron chi connectivity index (χ1n) is 9.27. The number of carbonyl (C=O) groups excluding carboxylic acids is 2. The first-order valence-corrected chi connectivity index (χ1v) is 10.7. The van der Waals surface area contributed by atoms with Gasteiger partial charge >= 0.3 is 12.0 Å². The van der Waals surface area contributed by atoms with Crippen molar-refractivity contribution in [3.8, 4) is 0 Å². The number of nitrogens with one attached hydrogen (secondary N) is 2. The average molecular weight is 417 g/mol. The maximum absolute atomic E-state index is 13.0. The third kappa shape index (κ3) is 4.51. The van der Waals surface area contributed by atoms with Gasteiger partial charge < -0.3 is 15.4 Å². The van der Waals surface area contributed by atoms with Crippen LogP contribution in [0, 0.1) is 0 Å². The molecule has 2 N–H and O–H groups in total. The lowest BCUT2D eigenvalue weighted by Crippen LogP contribution is -2.41. The molecule has 0 saturated heterocycles. The Morgan fingerprint density at radius 3 is 2.59 bits per heavy atom. The summed E-state index contributed by atoms with van der Waals surface area (Å²) in [6.45, 7) is 3.77. The van der Waals surface area contributed by atoms with Crippen LogP contribution in [0.4, 0.5) is 16.2 Å².